The molecular formula is C26H32ClNO4. The van der Waals surface area contributed by atoms with Crippen LogP contribution in [-0.4, -0.2) is 41.6 Å². The van der Waals surface area contributed by atoms with Crippen LogP contribution in [0.5, 0.6) is 5.75 Å². The number of benzene rings is 1. The molecule has 4 rings (SSSR count). The van der Waals surface area contributed by atoms with Crippen LogP contribution in [0.4, 0.5) is 0 Å². The Hall–Kier alpha value is -2.11. The van der Waals surface area contributed by atoms with Gasteiger partial charge in [-0.25, -0.2) is 0 Å². The van der Waals surface area contributed by atoms with Gasteiger partial charge in [-0.05, 0) is 60.9 Å². The number of nitrogens with zero attached hydrogens (tertiary/aromatic N) is 1. The van der Waals surface area contributed by atoms with E-state index in [1.54, 1.807) is 19.2 Å². The summed E-state index contributed by atoms with van der Waals surface area (Å²) in [7, 11) is 1.61. The van der Waals surface area contributed by atoms with E-state index in [-0.39, 0.29) is 41.4 Å². The lowest BCUT2D eigenvalue weighted by Gasteiger charge is -2.33. The minimum atomic E-state index is -0.271. The van der Waals surface area contributed by atoms with Gasteiger partial charge < -0.3 is 9.84 Å². The van der Waals surface area contributed by atoms with Crippen molar-refractivity contribution in [2.75, 3.05) is 13.7 Å². The number of aromatic hydroxyl groups is 1. The topological polar surface area (TPSA) is 66.8 Å². The van der Waals surface area contributed by atoms with Gasteiger partial charge in [-0.15, -0.1) is 0 Å². The highest BCUT2D eigenvalue weighted by molar-refractivity contribution is 6.32. The molecule has 2 saturated heterocycles. The van der Waals surface area contributed by atoms with Crippen molar-refractivity contribution in [3.05, 3.63) is 45.5 Å². The van der Waals surface area contributed by atoms with Crippen molar-refractivity contribution in [1.82, 2.24) is 4.90 Å². The van der Waals surface area contributed by atoms with Gasteiger partial charge in [0.25, 0.3) is 0 Å². The van der Waals surface area contributed by atoms with Crippen LogP contribution in [0.1, 0.15) is 52.0 Å². The number of halogens is 1. The Balaban J connectivity index is 1.57. The van der Waals surface area contributed by atoms with Gasteiger partial charge in [0, 0.05) is 13.0 Å². The van der Waals surface area contributed by atoms with E-state index in [1.807, 2.05) is 6.07 Å². The molecule has 0 aromatic heterocycles. The maximum Gasteiger partial charge on any atom is 0.233 e. The zero-order valence-corrected chi connectivity index (χ0v) is 20.0. The lowest BCUT2D eigenvalue weighted by atomic mass is 9.67. The minimum absolute atomic E-state index is 0.0122. The molecular weight excluding hydrogens is 426 g/mol. The Morgan fingerprint density at radius 1 is 1.28 bits per heavy atom. The number of imide groups is 1. The molecule has 6 heteroatoms. The third-order valence-corrected chi connectivity index (χ3v) is 7.71. The summed E-state index contributed by atoms with van der Waals surface area (Å²) in [5.41, 5.74) is 4.73. The molecule has 2 fully saturated rings. The van der Waals surface area contributed by atoms with Crippen LogP contribution in [0.25, 0.3) is 6.08 Å². The van der Waals surface area contributed by atoms with E-state index in [9.17, 15) is 14.7 Å². The van der Waals surface area contributed by atoms with Crippen LogP contribution in [0.3, 0.4) is 0 Å². The molecule has 0 unspecified atom stereocenters. The number of hydrogen-bond donors (Lipinski definition) is 1. The molecule has 172 valence electrons. The number of carbonyl (C=O) groups excluding carboxylic acids is 2. The Morgan fingerprint density at radius 2 is 2.03 bits per heavy atom. The van der Waals surface area contributed by atoms with Gasteiger partial charge in [0.1, 0.15) is 5.75 Å². The van der Waals surface area contributed by atoms with Crippen LogP contribution in [-0.2, 0) is 14.3 Å². The molecule has 0 radical (unpaired) electrons. The summed E-state index contributed by atoms with van der Waals surface area (Å²) >= 11 is 6.29. The first-order valence-corrected chi connectivity index (χ1v) is 11.9. The number of fused-ring (bicyclic) bond motifs is 3. The van der Waals surface area contributed by atoms with E-state index in [0.29, 0.717) is 24.0 Å². The lowest BCUT2D eigenvalue weighted by molar-refractivity contribution is -0.138. The van der Waals surface area contributed by atoms with Gasteiger partial charge in [0.15, 0.2) is 0 Å². The van der Waals surface area contributed by atoms with Gasteiger partial charge >= 0.3 is 0 Å². The standard InChI is InChI=1S/C26H32ClNO4/c1-5-15(10-16-7-8-17(29)11-21(16)27)6-9-22-23-18(14(2)3)12-19-24(20(23)13-32-22)26(31)28(4)25(19)30/h7-8,10-11,14,19-20,22,24,29H,5-6,9,12-13H2,1-4H3/b15-10+/t19-,20+,22-,24-/m1/s1. The molecule has 1 N–H and O–H groups in total. The van der Waals surface area contributed by atoms with Gasteiger partial charge in [-0.3, -0.25) is 14.5 Å². The van der Waals surface area contributed by atoms with E-state index in [4.69, 9.17) is 16.3 Å². The average molecular weight is 458 g/mol. The highest BCUT2D eigenvalue weighted by Crippen LogP contribution is 2.51. The number of likely N-dealkylation sites (tertiary alicyclic amines) is 1. The Bertz CT molecular complexity index is 996. The molecule has 3 aliphatic rings. The second-order valence-electron chi connectivity index (χ2n) is 9.54. The van der Waals surface area contributed by atoms with Crippen LogP contribution in [0, 0.1) is 23.7 Å². The smallest absolute Gasteiger partial charge is 0.233 e. The molecule has 1 aromatic rings. The van der Waals surface area contributed by atoms with E-state index >= 15 is 0 Å². The summed E-state index contributed by atoms with van der Waals surface area (Å²) in [6, 6.07) is 5.03. The molecule has 0 spiro atoms. The average Bonchev–Trinajstić information content (AvgIpc) is 3.27. The number of amides is 2. The van der Waals surface area contributed by atoms with Crippen LogP contribution in [0.15, 0.2) is 34.9 Å². The minimum Gasteiger partial charge on any atom is -0.508 e. The van der Waals surface area contributed by atoms with Crippen molar-refractivity contribution in [1.29, 1.82) is 0 Å². The number of carbonyl (C=O) groups is 2. The third-order valence-electron chi connectivity index (χ3n) is 7.39. The summed E-state index contributed by atoms with van der Waals surface area (Å²) in [5, 5.41) is 10.1. The first kappa shape index (κ1) is 23.1. The van der Waals surface area contributed by atoms with Crippen molar-refractivity contribution >= 4 is 29.5 Å². The monoisotopic (exact) mass is 457 g/mol. The maximum absolute atomic E-state index is 12.8. The normalized spacial score (nSPS) is 28.1. The van der Waals surface area contributed by atoms with E-state index in [2.05, 4.69) is 26.8 Å². The van der Waals surface area contributed by atoms with E-state index in [1.165, 1.54) is 21.6 Å². The predicted octanol–water partition coefficient (Wildman–Crippen LogP) is 5.22. The number of rotatable bonds is 6. The highest BCUT2D eigenvalue weighted by Gasteiger charge is 2.56. The van der Waals surface area contributed by atoms with Crippen LogP contribution in [0.2, 0.25) is 5.02 Å². The SMILES string of the molecule is CC/C(=C\c1ccc(O)cc1Cl)CC[C@H]1OC[C@H]2C1=C(C(C)C)C[C@H]1C(=O)N(C)C(=O)[C@H]12. The third kappa shape index (κ3) is 4.01. The van der Waals surface area contributed by atoms with Crippen molar-refractivity contribution in [2.45, 2.75) is 52.6 Å². The number of allylic oxidation sites excluding steroid dienone is 2. The van der Waals surface area contributed by atoms with Gasteiger partial charge in [-0.1, -0.05) is 49.6 Å². The Kier molecular flexibility index (Phi) is 6.51. The van der Waals surface area contributed by atoms with Crippen molar-refractivity contribution < 1.29 is 19.4 Å². The van der Waals surface area contributed by atoms with Gasteiger partial charge in [-0.2, -0.15) is 0 Å². The fraction of sp³-hybridized carbons (Fsp3) is 0.538. The Labute approximate surface area is 195 Å². The largest absolute Gasteiger partial charge is 0.508 e. The Morgan fingerprint density at radius 3 is 2.69 bits per heavy atom. The summed E-state index contributed by atoms with van der Waals surface area (Å²) in [5.74, 6) is -0.101. The number of phenols is 1. The summed E-state index contributed by atoms with van der Waals surface area (Å²) in [4.78, 5) is 26.8. The molecule has 1 aliphatic carbocycles. The zero-order valence-electron chi connectivity index (χ0n) is 19.2. The van der Waals surface area contributed by atoms with Gasteiger partial charge in [0.2, 0.25) is 11.8 Å². The summed E-state index contributed by atoms with van der Waals surface area (Å²) in [6.07, 6.45) is 5.34. The summed E-state index contributed by atoms with van der Waals surface area (Å²) in [6.45, 7) is 6.98. The number of ether oxygens (including phenoxy) is 1. The fourth-order valence-electron chi connectivity index (χ4n) is 5.64. The quantitative estimate of drug-likeness (QED) is 0.469. The fourth-order valence-corrected chi connectivity index (χ4v) is 5.87. The first-order valence-electron chi connectivity index (χ1n) is 11.6. The summed E-state index contributed by atoms with van der Waals surface area (Å²) < 4.78 is 6.27. The molecule has 2 amide bonds. The number of hydrogen-bond acceptors (Lipinski definition) is 4. The molecule has 4 atom stereocenters. The van der Waals surface area contributed by atoms with Crippen LogP contribution >= 0.6 is 11.6 Å². The first-order chi connectivity index (χ1) is 15.2. The van der Waals surface area contributed by atoms with Crippen molar-refractivity contribution in [3.63, 3.8) is 0 Å². The second kappa shape index (κ2) is 9.03. The molecule has 1 aromatic carbocycles. The molecule has 0 bridgehead atoms. The van der Waals surface area contributed by atoms with Crippen LogP contribution < -0.4 is 0 Å². The van der Waals surface area contributed by atoms with E-state index in [0.717, 1.165) is 24.8 Å². The molecule has 2 heterocycles. The van der Waals surface area contributed by atoms with Gasteiger partial charge in [0.05, 0.1) is 29.6 Å². The van der Waals surface area contributed by atoms with Crippen molar-refractivity contribution in [3.8, 4) is 5.75 Å². The molecule has 2 aliphatic heterocycles. The molecule has 0 saturated carbocycles. The van der Waals surface area contributed by atoms with E-state index < -0.39 is 0 Å². The van der Waals surface area contributed by atoms with Crippen molar-refractivity contribution in [2.24, 2.45) is 23.7 Å². The second-order valence-corrected chi connectivity index (χ2v) is 9.94. The zero-order chi connectivity index (χ0) is 23.2. The highest BCUT2D eigenvalue weighted by atomic mass is 35.5. The lowest BCUT2D eigenvalue weighted by Crippen LogP contribution is -2.34. The predicted molar refractivity (Wildman–Crippen MR) is 125 cm³/mol. The molecule has 32 heavy (non-hydrogen) atoms. The molecule has 5 nitrogen and oxygen atoms in total. The number of phenolic OH excluding ortho intramolecular Hbond substituents is 1. The maximum atomic E-state index is 12.8.